The van der Waals surface area contributed by atoms with Gasteiger partial charge in [-0.3, -0.25) is 0 Å². The molecular formula is C5H8N2O2S2. The summed E-state index contributed by atoms with van der Waals surface area (Å²) in [5.41, 5.74) is 0. The highest BCUT2D eigenvalue weighted by Crippen LogP contribution is 2.04. The lowest BCUT2D eigenvalue weighted by molar-refractivity contribution is 0.597. The molecule has 0 unspecified atom stereocenters. The molecule has 0 aliphatic carbocycles. The van der Waals surface area contributed by atoms with Gasteiger partial charge in [-0.15, -0.1) is 11.3 Å². The summed E-state index contributed by atoms with van der Waals surface area (Å²) in [6, 6.07) is 0. The first-order chi connectivity index (χ1) is 5.08. The number of aromatic nitrogens is 1. The fourth-order valence-electron chi connectivity index (χ4n) is 0.606. The van der Waals surface area contributed by atoms with Crippen molar-refractivity contribution in [1.29, 1.82) is 0 Å². The maximum atomic E-state index is 10.5. The van der Waals surface area contributed by atoms with E-state index in [0.717, 1.165) is 5.01 Å². The van der Waals surface area contributed by atoms with Gasteiger partial charge in [0, 0.05) is 18.0 Å². The van der Waals surface area contributed by atoms with Crippen LogP contribution in [0.1, 0.15) is 5.01 Å². The van der Waals surface area contributed by atoms with Gasteiger partial charge >= 0.3 is 0 Å². The average molecular weight is 192 g/mol. The highest BCUT2D eigenvalue weighted by molar-refractivity contribution is 7.89. The first kappa shape index (κ1) is 8.63. The topological polar surface area (TPSA) is 73.1 Å². The van der Waals surface area contributed by atoms with E-state index in [0.29, 0.717) is 6.42 Å². The van der Waals surface area contributed by atoms with Crippen molar-refractivity contribution < 1.29 is 8.42 Å². The Morgan fingerprint density at radius 1 is 1.64 bits per heavy atom. The second-order valence-corrected chi connectivity index (χ2v) is 4.76. The first-order valence-corrected chi connectivity index (χ1v) is 5.56. The van der Waals surface area contributed by atoms with Gasteiger partial charge in [-0.1, -0.05) is 0 Å². The van der Waals surface area contributed by atoms with Crippen LogP contribution in [0, 0.1) is 0 Å². The summed E-state index contributed by atoms with van der Waals surface area (Å²) in [5.74, 6) is -0.0273. The summed E-state index contributed by atoms with van der Waals surface area (Å²) in [4.78, 5) is 3.92. The largest absolute Gasteiger partial charge is 0.250 e. The molecule has 0 saturated heterocycles. The molecule has 2 N–H and O–H groups in total. The minimum Gasteiger partial charge on any atom is -0.250 e. The van der Waals surface area contributed by atoms with Crippen molar-refractivity contribution in [3.05, 3.63) is 16.6 Å². The number of aryl methyl sites for hydroxylation is 1. The number of sulfonamides is 1. The van der Waals surface area contributed by atoms with Crippen molar-refractivity contribution in [2.24, 2.45) is 5.14 Å². The van der Waals surface area contributed by atoms with Gasteiger partial charge in [0.2, 0.25) is 10.0 Å². The Balaban J connectivity index is 2.48. The lowest BCUT2D eigenvalue weighted by Crippen LogP contribution is -2.17. The number of nitrogens with two attached hydrogens (primary N) is 1. The van der Waals surface area contributed by atoms with Crippen molar-refractivity contribution in [3.8, 4) is 0 Å². The van der Waals surface area contributed by atoms with Crippen molar-refractivity contribution >= 4 is 21.4 Å². The molecule has 0 fully saturated rings. The van der Waals surface area contributed by atoms with Gasteiger partial charge in [0.1, 0.15) is 0 Å². The van der Waals surface area contributed by atoms with E-state index >= 15 is 0 Å². The van der Waals surface area contributed by atoms with Crippen LogP contribution in [0.4, 0.5) is 0 Å². The monoisotopic (exact) mass is 192 g/mol. The molecule has 1 rings (SSSR count). The van der Waals surface area contributed by atoms with E-state index in [1.807, 2.05) is 0 Å². The standard InChI is InChI=1S/C5H8N2O2S2/c6-11(8,9)4-1-5-7-2-3-10-5/h2-3H,1,4H2,(H2,6,8,9). The van der Waals surface area contributed by atoms with Gasteiger partial charge in [-0.25, -0.2) is 18.5 Å². The third kappa shape index (κ3) is 3.45. The van der Waals surface area contributed by atoms with Gasteiger partial charge in [0.25, 0.3) is 0 Å². The number of primary sulfonamides is 1. The summed E-state index contributed by atoms with van der Waals surface area (Å²) in [6.45, 7) is 0. The van der Waals surface area contributed by atoms with Gasteiger partial charge in [0.15, 0.2) is 0 Å². The van der Waals surface area contributed by atoms with Crippen molar-refractivity contribution in [2.75, 3.05) is 5.75 Å². The van der Waals surface area contributed by atoms with E-state index < -0.39 is 10.0 Å². The Hall–Kier alpha value is -0.460. The third-order valence-corrected chi connectivity index (χ3v) is 2.70. The van der Waals surface area contributed by atoms with Crippen LogP contribution >= 0.6 is 11.3 Å². The Morgan fingerprint density at radius 2 is 2.36 bits per heavy atom. The zero-order chi connectivity index (χ0) is 8.32. The predicted octanol–water partition coefficient (Wildman–Crippen LogP) is -0.0259. The molecule has 6 heteroatoms. The highest BCUT2D eigenvalue weighted by atomic mass is 32.2. The van der Waals surface area contributed by atoms with E-state index in [-0.39, 0.29) is 5.75 Å². The Labute approximate surface area is 69.1 Å². The van der Waals surface area contributed by atoms with Crippen LogP contribution in [0.25, 0.3) is 0 Å². The molecule has 4 nitrogen and oxygen atoms in total. The second kappa shape index (κ2) is 3.29. The number of nitrogens with zero attached hydrogens (tertiary/aromatic N) is 1. The Bertz CT molecular complexity index is 303. The predicted molar refractivity (Wildman–Crippen MR) is 43.8 cm³/mol. The minimum absolute atomic E-state index is 0.0273. The molecular weight excluding hydrogens is 184 g/mol. The zero-order valence-electron chi connectivity index (χ0n) is 5.73. The normalized spacial score (nSPS) is 11.7. The van der Waals surface area contributed by atoms with E-state index in [9.17, 15) is 8.42 Å². The molecule has 0 aromatic carbocycles. The van der Waals surface area contributed by atoms with Crippen LogP contribution in [0.2, 0.25) is 0 Å². The lowest BCUT2D eigenvalue weighted by Gasteiger charge is -1.92. The van der Waals surface area contributed by atoms with Gasteiger partial charge in [0.05, 0.1) is 10.8 Å². The van der Waals surface area contributed by atoms with E-state index in [2.05, 4.69) is 4.98 Å². The SMILES string of the molecule is NS(=O)(=O)CCc1nccs1. The van der Waals surface area contributed by atoms with Crippen LogP contribution in [-0.2, 0) is 16.4 Å². The van der Waals surface area contributed by atoms with Crippen molar-refractivity contribution in [2.45, 2.75) is 6.42 Å². The summed E-state index contributed by atoms with van der Waals surface area (Å²) < 4.78 is 21.0. The molecule has 0 radical (unpaired) electrons. The Morgan fingerprint density at radius 3 is 2.82 bits per heavy atom. The lowest BCUT2D eigenvalue weighted by atomic mass is 10.5. The van der Waals surface area contributed by atoms with E-state index in [4.69, 9.17) is 5.14 Å². The molecule has 0 spiro atoms. The number of hydrogen-bond donors (Lipinski definition) is 1. The highest BCUT2D eigenvalue weighted by Gasteiger charge is 2.03. The van der Waals surface area contributed by atoms with E-state index in [1.54, 1.807) is 11.6 Å². The van der Waals surface area contributed by atoms with E-state index in [1.165, 1.54) is 11.3 Å². The van der Waals surface area contributed by atoms with Crippen molar-refractivity contribution in [1.82, 2.24) is 4.98 Å². The molecule has 1 aromatic heterocycles. The fraction of sp³-hybridized carbons (Fsp3) is 0.400. The molecule has 0 saturated carbocycles. The van der Waals surface area contributed by atoms with Gasteiger partial charge in [-0.2, -0.15) is 0 Å². The molecule has 0 atom stereocenters. The second-order valence-electron chi connectivity index (χ2n) is 2.04. The first-order valence-electron chi connectivity index (χ1n) is 2.97. The summed E-state index contributed by atoms with van der Waals surface area (Å²) in [5, 5.41) is 7.41. The maximum Gasteiger partial charge on any atom is 0.209 e. The van der Waals surface area contributed by atoms with Crippen LogP contribution in [0.15, 0.2) is 11.6 Å². The molecule has 0 aliphatic heterocycles. The number of hydrogen-bond acceptors (Lipinski definition) is 4. The number of rotatable bonds is 3. The van der Waals surface area contributed by atoms with Crippen LogP contribution in [0.5, 0.6) is 0 Å². The zero-order valence-corrected chi connectivity index (χ0v) is 7.36. The quantitative estimate of drug-likeness (QED) is 0.731. The third-order valence-electron chi connectivity index (χ3n) is 1.08. The summed E-state index contributed by atoms with van der Waals surface area (Å²) in [6.07, 6.45) is 2.06. The van der Waals surface area contributed by atoms with Crippen LogP contribution in [-0.4, -0.2) is 19.2 Å². The van der Waals surface area contributed by atoms with Gasteiger partial charge < -0.3 is 0 Å². The average Bonchev–Trinajstić information content (AvgIpc) is 2.32. The minimum atomic E-state index is -3.33. The van der Waals surface area contributed by atoms with Crippen molar-refractivity contribution in [3.63, 3.8) is 0 Å². The summed E-state index contributed by atoms with van der Waals surface area (Å²) in [7, 11) is -3.33. The molecule has 11 heavy (non-hydrogen) atoms. The van der Waals surface area contributed by atoms with Crippen LogP contribution in [0.3, 0.4) is 0 Å². The molecule has 0 aliphatic rings. The van der Waals surface area contributed by atoms with Crippen LogP contribution < -0.4 is 5.14 Å². The summed E-state index contributed by atoms with van der Waals surface area (Å²) >= 11 is 1.43. The molecule has 0 bridgehead atoms. The molecule has 1 heterocycles. The molecule has 0 amide bonds. The smallest absolute Gasteiger partial charge is 0.209 e. The maximum absolute atomic E-state index is 10.5. The fourth-order valence-corrected chi connectivity index (χ4v) is 1.83. The molecule has 1 aromatic rings. The Kier molecular flexibility index (Phi) is 2.58. The van der Waals surface area contributed by atoms with Gasteiger partial charge in [-0.05, 0) is 0 Å². The number of thiazole rings is 1. The molecule has 62 valence electrons.